The van der Waals surface area contributed by atoms with Crippen molar-refractivity contribution < 1.29 is 4.79 Å². The lowest BCUT2D eigenvalue weighted by Crippen LogP contribution is -2.13. The van der Waals surface area contributed by atoms with Crippen LogP contribution in [0.1, 0.15) is 56.3 Å². The average Bonchev–Trinajstić information content (AvgIpc) is 3.26. The molecule has 3 rings (SSSR count). The summed E-state index contributed by atoms with van der Waals surface area (Å²) in [5.41, 5.74) is 0.979. The van der Waals surface area contributed by atoms with Gasteiger partial charge in [0, 0.05) is 28.8 Å². The maximum absolute atomic E-state index is 12.3. The molecule has 1 aliphatic rings. The van der Waals surface area contributed by atoms with Crippen LogP contribution in [-0.2, 0) is 11.2 Å². The molecule has 1 fully saturated rings. The predicted molar refractivity (Wildman–Crippen MR) is 108 cm³/mol. The Bertz CT molecular complexity index is 756. The van der Waals surface area contributed by atoms with E-state index in [0.29, 0.717) is 28.2 Å². The molecule has 1 N–H and O–H groups in total. The monoisotopic (exact) mass is 406 g/mol. The van der Waals surface area contributed by atoms with E-state index >= 15 is 0 Å². The number of carbonyl (C=O) groups is 1. The molecular formula is C20H24Cl2N4O. The number of aromatic nitrogens is 4. The second kappa shape index (κ2) is 10.00. The minimum absolute atomic E-state index is 0.146. The molecule has 0 amide bonds. The largest absolute Gasteiger partial charge is 0.299 e. The van der Waals surface area contributed by atoms with Crippen molar-refractivity contribution in [1.29, 1.82) is 0 Å². The zero-order chi connectivity index (χ0) is 19.1. The Balaban J connectivity index is 1.44. The van der Waals surface area contributed by atoms with E-state index in [1.165, 1.54) is 0 Å². The lowest BCUT2D eigenvalue weighted by Gasteiger charge is -2.15. The Kier molecular flexibility index (Phi) is 7.41. The van der Waals surface area contributed by atoms with Crippen molar-refractivity contribution in [3.05, 3.63) is 45.7 Å². The summed E-state index contributed by atoms with van der Waals surface area (Å²) in [5.74, 6) is 1.63. The third kappa shape index (κ3) is 6.15. The number of aryl methyl sites for hydroxylation is 1. The molecule has 1 saturated carbocycles. The van der Waals surface area contributed by atoms with Crippen LogP contribution < -0.4 is 0 Å². The molecule has 2 atom stereocenters. The maximum Gasteiger partial charge on any atom is 0.174 e. The first-order valence-corrected chi connectivity index (χ1v) is 10.3. The molecule has 2 aromatic rings. The van der Waals surface area contributed by atoms with E-state index in [2.05, 4.69) is 26.7 Å². The molecular weight excluding hydrogens is 383 g/mol. The molecule has 1 heterocycles. The number of nitrogens with zero attached hydrogens (tertiary/aromatic N) is 3. The number of allylic oxidation sites excluding steroid dienone is 1. The van der Waals surface area contributed by atoms with Crippen molar-refractivity contribution >= 4 is 35.1 Å². The SMILES string of the molecule is O=C1CC[C@H](C=Cc2cc(Cl)cc(Cl)c2)[C@H]1CCCCCCc1nn[nH]n1. The molecule has 27 heavy (non-hydrogen) atoms. The van der Waals surface area contributed by atoms with Gasteiger partial charge in [0.15, 0.2) is 5.82 Å². The minimum Gasteiger partial charge on any atom is -0.299 e. The zero-order valence-electron chi connectivity index (χ0n) is 15.2. The fourth-order valence-electron chi connectivity index (χ4n) is 3.74. The number of benzene rings is 1. The van der Waals surface area contributed by atoms with Gasteiger partial charge < -0.3 is 0 Å². The number of nitrogens with one attached hydrogen (secondary N) is 1. The van der Waals surface area contributed by atoms with E-state index in [9.17, 15) is 4.79 Å². The smallest absolute Gasteiger partial charge is 0.174 e. The van der Waals surface area contributed by atoms with Crippen molar-refractivity contribution in [2.45, 2.75) is 51.4 Å². The highest BCUT2D eigenvalue weighted by Crippen LogP contribution is 2.34. The number of carbonyl (C=O) groups excluding carboxylic acids is 1. The van der Waals surface area contributed by atoms with Gasteiger partial charge in [0.1, 0.15) is 5.78 Å². The first-order valence-electron chi connectivity index (χ1n) is 9.51. The molecule has 0 spiro atoms. The lowest BCUT2D eigenvalue weighted by molar-refractivity contribution is -0.121. The maximum atomic E-state index is 12.3. The van der Waals surface area contributed by atoms with Gasteiger partial charge in [-0.1, -0.05) is 59.8 Å². The van der Waals surface area contributed by atoms with Crippen molar-refractivity contribution in [3.63, 3.8) is 0 Å². The molecule has 0 aliphatic heterocycles. The Morgan fingerprint density at radius 2 is 1.89 bits per heavy atom. The summed E-state index contributed by atoms with van der Waals surface area (Å²) in [6.45, 7) is 0. The second-order valence-electron chi connectivity index (χ2n) is 7.12. The van der Waals surface area contributed by atoms with E-state index < -0.39 is 0 Å². The van der Waals surface area contributed by atoms with Crippen molar-refractivity contribution in [2.24, 2.45) is 11.8 Å². The molecule has 0 saturated heterocycles. The molecule has 1 aromatic heterocycles. The van der Waals surface area contributed by atoms with Crippen LogP contribution in [0.3, 0.4) is 0 Å². The topological polar surface area (TPSA) is 71.5 Å². The van der Waals surface area contributed by atoms with E-state index in [4.69, 9.17) is 23.2 Å². The van der Waals surface area contributed by atoms with Crippen molar-refractivity contribution in [1.82, 2.24) is 20.6 Å². The highest BCUT2D eigenvalue weighted by atomic mass is 35.5. The highest BCUT2D eigenvalue weighted by molar-refractivity contribution is 6.34. The quantitative estimate of drug-likeness (QED) is 0.572. The van der Waals surface area contributed by atoms with Gasteiger partial charge in [0.25, 0.3) is 0 Å². The molecule has 0 unspecified atom stereocenters. The van der Waals surface area contributed by atoms with Gasteiger partial charge in [-0.05, 0) is 48.9 Å². The minimum atomic E-state index is 0.146. The third-order valence-electron chi connectivity index (χ3n) is 5.13. The second-order valence-corrected chi connectivity index (χ2v) is 7.99. The Hall–Kier alpha value is -1.72. The number of hydrogen-bond acceptors (Lipinski definition) is 4. The average molecular weight is 407 g/mol. The van der Waals surface area contributed by atoms with Crippen LogP contribution >= 0.6 is 23.2 Å². The molecule has 1 aliphatic carbocycles. The van der Waals surface area contributed by atoms with E-state index in [1.807, 2.05) is 18.2 Å². The number of aromatic amines is 1. The molecule has 1 aromatic carbocycles. The predicted octanol–water partition coefficient (Wildman–Crippen LogP) is 5.31. The number of H-pyrrole nitrogens is 1. The van der Waals surface area contributed by atoms with E-state index in [1.54, 1.807) is 6.07 Å². The number of halogens is 2. The van der Waals surface area contributed by atoms with Gasteiger partial charge in [-0.2, -0.15) is 5.21 Å². The van der Waals surface area contributed by atoms with E-state index in [0.717, 1.165) is 56.3 Å². The summed E-state index contributed by atoms with van der Waals surface area (Å²) in [5, 5.41) is 15.2. The summed E-state index contributed by atoms with van der Waals surface area (Å²) in [6, 6.07) is 5.50. The third-order valence-corrected chi connectivity index (χ3v) is 5.57. The molecule has 0 radical (unpaired) electrons. The summed E-state index contributed by atoms with van der Waals surface area (Å²) < 4.78 is 0. The van der Waals surface area contributed by atoms with E-state index in [-0.39, 0.29) is 5.92 Å². The van der Waals surface area contributed by atoms with Crippen LogP contribution in [0.25, 0.3) is 6.08 Å². The normalized spacial score (nSPS) is 20.0. The summed E-state index contributed by atoms with van der Waals surface area (Å²) in [7, 11) is 0. The Labute approximate surface area is 169 Å². The number of hydrogen-bond donors (Lipinski definition) is 1. The summed E-state index contributed by atoms with van der Waals surface area (Å²) in [4.78, 5) is 12.3. The van der Waals surface area contributed by atoms with Crippen molar-refractivity contribution in [3.8, 4) is 0 Å². The number of ketones is 1. The first kappa shape index (κ1) is 20.0. The van der Waals surface area contributed by atoms with Gasteiger partial charge >= 0.3 is 0 Å². The highest BCUT2D eigenvalue weighted by Gasteiger charge is 2.32. The Morgan fingerprint density at radius 3 is 2.63 bits per heavy atom. The first-order chi connectivity index (χ1) is 13.1. The van der Waals surface area contributed by atoms with Gasteiger partial charge in [0.05, 0.1) is 0 Å². The standard InChI is InChI=1S/C20H24Cl2N4O/c21-16-11-14(12-17(22)13-16)7-8-15-9-10-19(27)18(15)5-3-1-2-4-6-20-23-25-26-24-20/h7-8,11-13,15,18H,1-6,9-10H2,(H,23,24,25,26)/t15-,18+/m0/s1. The number of rotatable bonds is 9. The fourth-order valence-corrected chi connectivity index (χ4v) is 4.28. The van der Waals surface area contributed by atoms with Crippen molar-refractivity contribution in [2.75, 3.05) is 0 Å². The molecule has 5 nitrogen and oxygen atoms in total. The van der Waals surface area contributed by atoms with Crippen LogP contribution in [0.2, 0.25) is 10.0 Å². The van der Waals surface area contributed by atoms with Crippen LogP contribution in [0.5, 0.6) is 0 Å². The number of unbranched alkanes of at least 4 members (excludes halogenated alkanes) is 3. The van der Waals surface area contributed by atoms with Crippen LogP contribution in [0, 0.1) is 11.8 Å². The van der Waals surface area contributed by atoms with Gasteiger partial charge in [-0.25, -0.2) is 0 Å². The molecule has 0 bridgehead atoms. The summed E-state index contributed by atoms with van der Waals surface area (Å²) in [6.07, 6.45) is 12.0. The van der Waals surface area contributed by atoms with Crippen LogP contribution in [0.15, 0.2) is 24.3 Å². The zero-order valence-corrected chi connectivity index (χ0v) is 16.7. The summed E-state index contributed by atoms with van der Waals surface area (Å²) >= 11 is 12.1. The van der Waals surface area contributed by atoms with Gasteiger partial charge in [-0.15, -0.1) is 10.2 Å². The van der Waals surface area contributed by atoms with Gasteiger partial charge in [-0.3, -0.25) is 4.79 Å². The lowest BCUT2D eigenvalue weighted by atomic mass is 9.89. The molecule has 7 heteroatoms. The van der Waals surface area contributed by atoms with Crippen LogP contribution in [-0.4, -0.2) is 26.4 Å². The van der Waals surface area contributed by atoms with Gasteiger partial charge in [0.2, 0.25) is 0 Å². The fraction of sp³-hybridized carbons (Fsp3) is 0.500. The number of tetrazole rings is 1. The molecule has 144 valence electrons. The van der Waals surface area contributed by atoms with Crippen LogP contribution in [0.4, 0.5) is 0 Å². The Morgan fingerprint density at radius 1 is 1.11 bits per heavy atom. The number of Topliss-reactive ketones (excluding diaryl/α,β-unsaturated/α-hetero) is 1.